The number of phenols is 1. The molecule has 0 amide bonds. The van der Waals surface area contributed by atoms with Crippen LogP contribution in [-0.2, 0) is 0 Å². The van der Waals surface area contributed by atoms with Gasteiger partial charge in [0, 0.05) is 6.20 Å². The molecule has 2 heterocycles. The van der Waals surface area contributed by atoms with E-state index in [2.05, 4.69) is 9.97 Å². The Balaban J connectivity index is 2.27. The number of H-pyrrole nitrogens is 1. The van der Waals surface area contributed by atoms with E-state index in [1.54, 1.807) is 24.4 Å². The lowest BCUT2D eigenvalue weighted by atomic mass is 10.3. The van der Waals surface area contributed by atoms with Crippen molar-refractivity contribution < 1.29 is 5.11 Å². The Kier molecular flexibility index (Phi) is 1.98. The van der Waals surface area contributed by atoms with Crippen LogP contribution in [0.2, 0.25) is 0 Å². The molecule has 0 unspecified atom stereocenters. The maximum absolute atomic E-state index is 12.1. The summed E-state index contributed by atoms with van der Waals surface area (Å²) in [6.07, 6.45) is 3.15. The van der Waals surface area contributed by atoms with Gasteiger partial charge < -0.3 is 10.1 Å². The molecule has 2 N–H and O–H groups in total. The topological polar surface area (TPSA) is 70.9 Å². The fourth-order valence-corrected chi connectivity index (χ4v) is 1.73. The number of rotatable bonds is 1. The zero-order valence-electron chi connectivity index (χ0n) is 8.79. The van der Waals surface area contributed by atoms with Gasteiger partial charge in [-0.3, -0.25) is 9.36 Å². The van der Waals surface area contributed by atoms with Crippen molar-refractivity contribution in [1.82, 2.24) is 14.5 Å². The van der Waals surface area contributed by atoms with E-state index in [0.29, 0.717) is 16.7 Å². The number of aromatic nitrogens is 3. The Hall–Kier alpha value is -2.56. The van der Waals surface area contributed by atoms with Gasteiger partial charge in [-0.15, -0.1) is 0 Å². The fourth-order valence-electron chi connectivity index (χ4n) is 1.73. The maximum atomic E-state index is 12.1. The van der Waals surface area contributed by atoms with Gasteiger partial charge in [0.1, 0.15) is 17.7 Å². The second-order valence-electron chi connectivity index (χ2n) is 3.68. The molecule has 84 valence electrons. The van der Waals surface area contributed by atoms with E-state index in [9.17, 15) is 9.90 Å². The van der Waals surface area contributed by atoms with Crippen LogP contribution < -0.4 is 5.56 Å². The predicted octanol–water partition coefficient (Wildman–Crippen LogP) is 1.42. The zero-order valence-corrected chi connectivity index (χ0v) is 8.79. The first-order chi connectivity index (χ1) is 8.25. The minimum Gasteiger partial charge on any atom is -0.508 e. The first-order valence-corrected chi connectivity index (χ1v) is 5.10. The van der Waals surface area contributed by atoms with E-state index in [0.717, 1.165) is 0 Å². The SMILES string of the molecule is O=c1c2cc[nH]c2ncn1-c1ccc(O)cc1. The first kappa shape index (κ1) is 9.65. The Morgan fingerprint density at radius 3 is 2.71 bits per heavy atom. The van der Waals surface area contributed by atoms with Gasteiger partial charge >= 0.3 is 0 Å². The van der Waals surface area contributed by atoms with Gasteiger partial charge in [-0.25, -0.2) is 4.98 Å². The first-order valence-electron chi connectivity index (χ1n) is 5.10. The van der Waals surface area contributed by atoms with E-state index in [4.69, 9.17) is 0 Å². The summed E-state index contributed by atoms with van der Waals surface area (Å²) >= 11 is 0. The molecule has 0 spiro atoms. The Bertz CT molecular complexity index is 725. The van der Waals surface area contributed by atoms with Crippen molar-refractivity contribution in [2.45, 2.75) is 0 Å². The molecule has 0 aliphatic carbocycles. The van der Waals surface area contributed by atoms with Crippen LogP contribution in [0.15, 0.2) is 47.7 Å². The second-order valence-corrected chi connectivity index (χ2v) is 3.68. The van der Waals surface area contributed by atoms with E-state index >= 15 is 0 Å². The van der Waals surface area contributed by atoms with Gasteiger partial charge in [0.15, 0.2) is 0 Å². The zero-order chi connectivity index (χ0) is 11.8. The summed E-state index contributed by atoms with van der Waals surface area (Å²) in [4.78, 5) is 19.1. The van der Waals surface area contributed by atoms with Crippen LogP contribution in [0.4, 0.5) is 0 Å². The molecule has 0 saturated heterocycles. The molecule has 1 aromatic carbocycles. The number of hydrogen-bond donors (Lipinski definition) is 2. The van der Waals surface area contributed by atoms with E-state index in [1.165, 1.54) is 23.0 Å². The number of nitrogens with one attached hydrogen (secondary N) is 1. The van der Waals surface area contributed by atoms with E-state index in [1.807, 2.05) is 0 Å². The Labute approximate surface area is 96.0 Å². The highest BCUT2D eigenvalue weighted by molar-refractivity contribution is 5.74. The molecular formula is C12H9N3O2. The summed E-state index contributed by atoms with van der Waals surface area (Å²) in [5.41, 5.74) is 1.11. The smallest absolute Gasteiger partial charge is 0.267 e. The highest BCUT2D eigenvalue weighted by atomic mass is 16.3. The summed E-state index contributed by atoms with van der Waals surface area (Å²) in [6, 6.07) is 8.08. The molecule has 0 atom stereocenters. The lowest BCUT2D eigenvalue weighted by Gasteiger charge is -2.04. The molecule has 0 aliphatic rings. The maximum Gasteiger partial charge on any atom is 0.267 e. The van der Waals surface area contributed by atoms with Crippen molar-refractivity contribution >= 4 is 11.0 Å². The molecule has 17 heavy (non-hydrogen) atoms. The highest BCUT2D eigenvalue weighted by Gasteiger charge is 2.05. The second kappa shape index (κ2) is 3.48. The molecule has 0 bridgehead atoms. The van der Waals surface area contributed by atoms with Crippen molar-refractivity contribution in [3.8, 4) is 11.4 Å². The van der Waals surface area contributed by atoms with Gasteiger partial charge in [0.2, 0.25) is 0 Å². The monoisotopic (exact) mass is 227 g/mol. The molecule has 0 radical (unpaired) electrons. The minimum atomic E-state index is -0.137. The van der Waals surface area contributed by atoms with Crippen LogP contribution in [0.3, 0.4) is 0 Å². The Morgan fingerprint density at radius 1 is 1.18 bits per heavy atom. The summed E-state index contributed by atoms with van der Waals surface area (Å²) in [5.74, 6) is 0.164. The predicted molar refractivity (Wildman–Crippen MR) is 63.4 cm³/mol. The van der Waals surface area contributed by atoms with Crippen LogP contribution >= 0.6 is 0 Å². The molecule has 0 fully saturated rings. The van der Waals surface area contributed by atoms with Gasteiger partial charge in [-0.1, -0.05) is 0 Å². The lowest BCUT2D eigenvalue weighted by Crippen LogP contribution is -2.18. The number of phenolic OH excluding ortho intramolecular Hbond substituents is 1. The molecule has 3 aromatic rings. The van der Waals surface area contributed by atoms with Gasteiger partial charge in [-0.2, -0.15) is 0 Å². The molecule has 0 saturated carbocycles. The van der Waals surface area contributed by atoms with Gasteiger partial charge in [0.25, 0.3) is 5.56 Å². The fraction of sp³-hybridized carbons (Fsp3) is 0. The average Bonchev–Trinajstić information content (AvgIpc) is 2.80. The van der Waals surface area contributed by atoms with Crippen molar-refractivity contribution in [2.24, 2.45) is 0 Å². The number of nitrogens with zero attached hydrogens (tertiary/aromatic N) is 2. The van der Waals surface area contributed by atoms with E-state index < -0.39 is 0 Å². The summed E-state index contributed by atoms with van der Waals surface area (Å²) in [5, 5.41) is 9.75. The minimum absolute atomic E-state index is 0.137. The third-order valence-electron chi connectivity index (χ3n) is 2.60. The number of fused-ring (bicyclic) bond motifs is 1. The van der Waals surface area contributed by atoms with Crippen LogP contribution in [0, 0.1) is 0 Å². The van der Waals surface area contributed by atoms with Gasteiger partial charge in [0.05, 0.1) is 11.1 Å². The molecular weight excluding hydrogens is 218 g/mol. The number of benzene rings is 1. The summed E-state index contributed by atoms with van der Waals surface area (Å²) in [7, 11) is 0. The highest BCUT2D eigenvalue weighted by Crippen LogP contribution is 2.12. The lowest BCUT2D eigenvalue weighted by molar-refractivity contribution is 0.475. The molecule has 3 rings (SSSR count). The van der Waals surface area contributed by atoms with Crippen LogP contribution in [0.1, 0.15) is 0 Å². The average molecular weight is 227 g/mol. The molecule has 5 heteroatoms. The van der Waals surface area contributed by atoms with Crippen LogP contribution in [-0.4, -0.2) is 19.6 Å². The summed E-state index contributed by atoms with van der Waals surface area (Å²) in [6.45, 7) is 0. The van der Waals surface area contributed by atoms with Crippen molar-refractivity contribution in [3.05, 3.63) is 53.2 Å². The number of hydrogen-bond acceptors (Lipinski definition) is 3. The van der Waals surface area contributed by atoms with Crippen LogP contribution in [0.5, 0.6) is 5.75 Å². The summed E-state index contributed by atoms with van der Waals surface area (Å²) < 4.78 is 1.44. The quantitative estimate of drug-likeness (QED) is 0.660. The molecule has 0 aliphatic heterocycles. The number of aromatic hydroxyl groups is 1. The standard InChI is InChI=1S/C12H9N3O2/c16-9-3-1-8(2-4-9)15-7-14-11-10(12(15)17)5-6-13-11/h1-7,13,16H. The molecule has 2 aromatic heterocycles. The third-order valence-corrected chi connectivity index (χ3v) is 2.60. The third kappa shape index (κ3) is 1.48. The van der Waals surface area contributed by atoms with Crippen LogP contribution in [0.25, 0.3) is 16.7 Å². The van der Waals surface area contributed by atoms with Crippen molar-refractivity contribution in [3.63, 3.8) is 0 Å². The molecule has 5 nitrogen and oxygen atoms in total. The van der Waals surface area contributed by atoms with Crippen molar-refractivity contribution in [2.75, 3.05) is 0 Å². The van der Waals surface area contributed by atoms with Gasteiger partial charge in [-0.05, 0) is 30.3 Å². The normalized spacial score (nSPS) is 10.8. The van der Waals surface area contributed by atoms with E-state index in [-0.39, 0.29) is 11.3 Å². The Morgan fingerprint density at radius 2 is 1.94 bits per heavy atom. The number of aromatic amines is 1. The van der Waals surface area contributed by atoms with Crippen molar-refractivity contribution in [1.29, 1.82) is 0 Å². The largest absolute Gasteiger partial charge is 0.508 e.